The minimum Gasteiger partial charge on any atom is -0.469 e. The molecule has 0 N–H and O–H groups in total. The maximum absolute atomic E-state index is 13.4. The Kier molecular flexibility index (Phi) is 3.33. The Morgan fingerprint density at radius 3 is 2.65 bits per heavy atom. The second-order valence-electron chi connectivity index (χ2n) is 7.85. The molecule has 0 spiro atoms. The van der Waals surface area contributed by atoms with Gasteiger partial charge < -0.3 is 19.1 Å². The highest BCUT2D eigenvalue weighted by molar-refractivity contribution is 5.99. The van der Waals surface area contributed by atoms with E-state index >= 15 is 0 Å². The summed E-state index contributed by atoms with van der Waals surface area (Å²) in [5, 5.41) is 0. The van der Waals surface area contributed by atoms with Gasteiger partial charge in [0.2, 0.25) is 0 Å². The van der Waals surface area contributed by atoms with Gasteiger partial charge in [0.15, 0.2) is 11.5 Å². The number of carbonyl (C=O) groups excluding carboxylic acids is 2. The first-order valence-corrected chi connectivity index (χ1v) is 8.36. The predicted octanol–water partition coefficient (Wildman–Crippen LogP) is 2.67. The number of hydrogen-bond acceptors (Lipinski definition) is 5. The first kappa shape index (κ1) is 17.1. The van der Waals surface area contributed by atoms with Crippen LogP contribution in [0.4, 0.5) is 8.78 Å². The molecule has 2 fully saturated rings. The lowest BCUT2D eigenvalue weighted by Crippen LogP contribution is -2.57. The minimum absolute atomic E-state index is 0.00111. The first-order valence-electron chi connectivity index (χ1n) is 8.36. The number of amides is 1. The molecule has 1 amide bonds. The zero-order valence-corrected chi connectivity index (χ0v) is 14.7. The maximum atomic E-state index is 13.4. The molecule has 2 aliphatic heterocycles. The fourth-order valence-corrected chi connectivity index (χ4v) is 4.83. The maximum Gasteiger partial charge on any atom is 0.586 e. The molecule has 0 radical (unpaired) electrons. The van der Waals surface area contributed by atoms with Gasteiger partial charge in [-0.05, 0) is 29.9 Å². The molecule has 2 heterocycles. The van der Waals surface area contributed by atoms with Crippen LogP contribution in [0.2, 0.25) is 0 Å². The molecule has 4 rings (SSSR count). The van der Waals surface area contributed by atoms with Crippen LogP contribution in [0.1, 0.15) is 30.6 Å². The van der Waals surface area contributed by atoms with Crippen molar-refractivity contribution < 1.29 is 32.6 Å². The smallest absolute Gasteiger partial charge is 0.469 e. The Labute approximate surface area is 149 Å². The molecule has 1 aliphatic carbocycles. The molecule has 1 aromatic carbocycles. The molecule has 140 valence electrons. The van der Waals surface area contributed by atoms with Gasteiger partial charge in [0.1, 0.15) is 0 Å². The average Bonchev–Trinajstić information content (AvgIpc) is 3.07. The van der Waals surface area contributed by atoms with Crippen molar-refractivity contribution in [3.8, 4) is 11.5 Å². The van der Waals surface area contributed by atoms with Crippen LogP contribution < -0.4 is 9.47 Å². The van der Waals surface area contributed by atoms with Gasteiger partial charge in [0.25, 0.3) is 5.91 Å². The van der Waals surface area contributed by atoms with Crippen molar-refractivity contribution >= 4 is 11.9 Å². The molecule has 8 heteroatoms. The second-order valence-corrected chi connectivity index (χ2v) is 7.85. The molecule has 0 unspecified atom stereocenters. The SMILES string of the molecule is COC(=O)[C@@]12CN(C(=O)c3cccc4c3OC(F)(F)O4)C[C@@H]1C(C)(C)C2. The number of likely N-dealkylation sites (tertiary alicyclic amines) is 1. The summed E-state index contributed by atoms with van der Waals surface area (Å²) in [6, 6.07) is 4.20. The summed E-state index contributed by atoms with van der Waals surface area (Å²) >= 11 is 0. The number of nitrogens with zero attached hydrogens (tertiary/aromatic N) is 1. The van der Waals surface area contributed by atoms with Crippen LogP contribution in [0.5, 0.6) is 11.5 Å². The van der Waals surface area contributed by atoms with Crippen molar-refractivity contribution in [3.05, 3.63) is 23.8 Å². The van der Waals surface area contributed by atoms with Crippen molar-refractivity contribution in [1.29, 1.82) is 0 Å². The molecule has 3 aliphatic rings. The third kappa shape index (κ3) is 2.20. The van der Waals surface area contributed by atoms with Crippen LogP contribution in [0.25, 0.3) is 0 Å². The summed E-state index contributed by atoms with van der Waals surface area (Å²) in [7, 11) is 1.33. The lowest BCUT2D eigenvalue weighted by atomic mass is 9.48. The highest BCUT2D eigenvalue weighted by Gasteiger charge is 2.68. The lowest BCUT2D eigenvalue weighted by Gasteiger charge is -2.54. The number of benzene rings is 1. The Bertz CT molecular complexity index is 809. The number of rotatable bonds is 2. The van der Waals surface area contributed by atoms with E-state index in [0.29, 0.717) is 13.0 Å². The highest BCUT2D eigenvalue weighted by atomic mass is 19.3. The first-order chi connectivity index (χ1) is 12.1. The third-order valence-corrected chi connectivity index (χ3v) is 5.80. The van der Waals surface area contributed by atoms with E-state index in [0.717, 1.165) is 0 Å². The van der Waals surface area contributed by atoms with Crippen molar-refractivity contribution in [1.82, 2.24) is 4.90 Å². The highest BCUT2D eigenvalue weighted by Crippen LogP contribution is 2.63. The number of para-hydroxylation sites is 1. The van der Waals surface area contributed by atoms with Crippen LogP contribution in [0, 0.1) is 16.7 Å². The van der Waals surface area contributed by atoms with Gasteiger partial charge in [-0.15, -0.1) is 8.78 Å². The number of halogens is 2. The van der Waals surface area contributed by atoms with Crippen LogP contribution in [0.3, 0.4) is 0 Å². The summed E-state index contributed by atoms with van der Waals surface area (Å²) < 4.78 is 40.6. The molecular formula is C18H19F2NO5. The zero-order valence-electron chi connectivity index (χ0n) is 14.7. The Hall–Kier alpha value is -2.38. The molecule has 26 heavy (non-hydrogen) atoms. The van der Waals surface area contributed by atoms with Gasteiger partial charge in [-0.25, -0.2) is 0 Å². The van der Waals surface area contributed by atoms with Gasteiger partial charge in [0, 0.05) is 13.1 Å². The molecular weight excluding hydrogens is 348 g/mol. The fourth-order valence-electron chi connectivity index (χ4n) is 4.83. The van der Waals surface area contributed by atoms with E-state index in [1.54, 1.807) is 0 Å². The molecule has 1 saturated carbocycles. The molecule has 0 bridgehead atoms. The molecule has 2 atom stereocenters. The van der Waals surface area contributed by atoms with Gasteiger partial charge in [0.05, 0.1) is 18.1 Å². The second kappa shape index (κ2) is 5.08. The lowest BCUT2D eigenvalue weighted by molar-refractivity contribution is -0.286. The number of methoxy groups -OCH3 is 1. The van der Waals surface area contributed by atoms with E-state index in [2.05, 4.69) is 9.47 Å². The van der Waals surface area contributed by atoms with Crippen LogP contribution in [-0.4, -0.2) is 43.3 Å². The number of alkyl halides is 2. The average molecular weight is 367 g/mol. The van der Waals surface area contributed by atoms with Crippen molar-refractivity contribution in [2.24, 2.45) is 16.7 Å². The number of ether oxygens (including phenoxy) is 3. The summed E-state index contributed by atoms with van der Waals surface area (Å²) in [4.78, 5) is 26.9. The number of hydrogen-bond donors (Lipinski definition) is 0. The number of carbonyl (C=O) groups is 2. The molecule has 6 nitrogen and oxygen atoms in total. The van der Waals surface area contributed by atoms with E-state index in [9.17, 15) is 18.4 Å². The summed E-state index contributed by atoms with van der Waals surface area (Å²) in [5.41, 5.74) is -0.833. The van der Waals surface area contributed by atoms with Gasteiger partial charge in [-0.3, -0.25) is 9.59 Å². The molecule has 1 saturated heterocycles. The van der Waals surface area contributed by atoms with E-state index in [4.69, 9.17) is 4.74 Å². The van der Waals surface area contributed by atoms with E-state index in [1.165, 1.54) is 30.2 Å². The molecule has 0 aromatic heterocycles. The quantitative estimate of drug-likeness (QED) is 0.752. The van der Waals surface area contributed by atoms with Gasteiger partial charge in [-0.2, -0.15) is 0 Å². The van der Waals surface area contributed by atoms with Crippen LogP contribution in [-0.2, 0) is 9.53 Å². The van der Waals surface area contributed by atoms with Crippen molar-refractivity contribution in [3.63, 3.8) is 0 Å². The normalized spacial score (nSPS) is 29.7. The predicted molar refractivity (Wildman–Crippen MR) is 84.9 cm³/mol. The Balaban J connectivity index is 1.64. The van der Waals surface area contributed by atoms with Crippen molar-refractivity contribution in [2.75, 3.05) is 20.2 Å². The summed E-state index contributed by atoms with van der Waals surface area (Å²) in [6.45, 7) is 4.66. The van der Waals surface area contributed by atoms with Gasteiger partial charge in [-0.1, -0.05) is 19.9 Å². The van der Waals surface area contributed by atoms with E-state index < -0.39 is 17.6 Å². The van der Waals surface area contributed by atoms with E-state index in [-0.39, 0.29) is 40.9 Å². The van der Waals surface area contributed by atoms with Crippen LogP contribution >= 0.6 is 0 Å². The Morgan fingerprint density at radius 1 is 1.27 bits per heavy atom. The number of fused-ring (bicyclic) bond motifs is 2. The van der Waals surface area contributed by atoms with Crippen LogP contribution in [0.15, 0.2) is 18.2 Å². The summed E-state index contributed by atoms with van der Waals surface area (Å²) in [6.07, 6.45) is -3.18. The third-order valence-electron chi connectivity index (χ3n) is 5.80. The summed E-state index contributed by atoms with van der Waals surface area (Å²) in [5.74, 6) is -1.28. The Morgan fingerprint density at radius 2 is 2.00 bits per heavy atom. The topological polar surface area (TPSA) is 65.1 Å². The zero-order chi connectivity index (χ0) is 18.9. The fraction of sp³-hybridized carbons (Fsp3) is 0.556. The van der Waals surface area contributed by atoms with Crippen molar-refractivity contribution in [2.45, 2.75) is 26.6 Å². The molecule has 1 aromatic rings. The van der Waals surface area contributed by atoms with E-state index in [1.807, 2.05) is 13.8 Å². The number of esters is 1. The minimum atomic E-state index is -3.79. The monoisotopic (exact) mass is 367 g/mol. The van der Waals surface area contributed by atoms with Gasteiger partial charge >= 0.3 is 12.3 Å². The standard InChI is InChI=1S/C18H19F2NO5/c1-16(2)8-17(15(23)24-3)9-21(7-12(16)17)14(22)10-5-4-6-11-13(10)26-18(19,20)25-11/h4-6,12H,7-9H2,1-3H3/t12-,17+/m1/s1. The largest absolute Gasteiger partial charge is 0.586 e.